The van der Waals surface area contributed by atoms with E-state index in [1.807, 2.05) is 42.5 Å². The van der Waals surface area contributed by atoms with E-state index in [0.29, 0.717) is 27.4 Å². The molecule has 1 radical (unpaired) electrons. The number of amides is 1. The van der Waals surface area contributed by atoms with E-state index in [0.717, 1.165) is 20.5 Å². The van der Waals surface area contributed by atoms with Gasteiger partial charge in [0, 0.05) is 53.9 Å². The molecule has 3 aromatic carbocycles. The summed E-state index contributed by atoms with van der Waals surface area (Å²) in [7, 11) is -5.85. The molecule has 4 heterocycles. The Labute approximate surface area is 326 Å². The first-order valence-electron chi connectivity index (χ1n) is 17.5. The number of rotatable bonds is 10. The summed E-state index contributed by atoms with van der Waals surface area (Å²) in [4.78, 5) is 25.0. The SMILES string of the molecule is CC(C)(C)CC(O[Si](c1ccccc1)c1ccccc1)C1CN(S(=O)(=O)c2cc3ccc(Cl)cc3s2)CCN1C(=O)c1ncc(-c2cccc[n+]2[O-])cn1. The number of piperazine rings is 1. The maximum absolute atomic E-state index is 14.5. The fourth-order valence-electron chi connectivity index (χ4n) is 6.65. The molecule has 10 nitrogen and oxygen atoms in total. The van der Waals surface area contributed by atoms with Crippen LogP contribution in [0.4, 0.5) is 0 Å². The number of hydrogen-bond acceptors (Lipinski definition) is 8. The van der Waals surface area contributed by atoms with Gasteiger partial charge < -0.3 is 14.5 Å². The second-order valence-electron chi connectivity index (χ2n) is 14.4. The second kappa shape index (κ2) is 15.7. The van der Waals surface area contributed by atoms with E-state index in [4.69, 9.17) is 16.0 Å². The zero-order valence-corrected chi connectivity index (χ0v) is 33.4. The van der Waals surface area contributed by atoms with Gasteiger partial charge in [-0.25, -0.2) is 18.4 Å². The number of aromatic nitrogens is 3. The Bertz CT molecular complexity index is 2320. The molecule has 1 fully saturated rings. The molecule has 2 unspecified atom stereocenters. The van der Waals surface area contributed by atoms with E-state index in [2.05, 4.69) is 55.0 Å². The van der Waals surface area contributed by atoms with Crippen LogP contribution in [0.15, 0.2) is 126 Å². The Hall–Kier alpha value is -4.50. The van der Waals surface area contributed by atoms with Crippen molar-refractivity contribution < 1.29 is 22.4 Å². The fourth-order valence-corrected chi connectivity index (χ4v) is 12.1. The molecule has 0 bridgehead atoms. The fraction of sp³-hybridized carbons (Fsp3) is 0.250. The second-order valence-corrected chi connectivity index (χ2v) is 20.1. The van der Waals surface area contributed by atoms with Crippen LogP contribution in [-0.4, -0.2) is 74.3 Å². The van der Waals surface area contributed by atoms with Gasteiger partial charge in [0.15, 0.2) is 6.20 Å². The summed E-state index contributed by atoms with van der Waals surface area (Å²) >= 11 is 7.42. The largest absolute Gasteiger partial charge is 0.618 e. The van der Waals surface area contributed by atoms with Crippen LogP contribution in [0.3, 0.4) is 0 Å². The molecule has 7 rings (SSSR count). The molecule has 277 valence electrons. The van der Waals surface area contributed by atoms with Gasteiger partial charge in [0.25, 0.3) is 25.0 Å². The first-order valence-corrected chi connectivity index (χ1v) is 21.6. The molecule has 3 aromatic heterocycles. The predicted molar refractivity (Wildman–Crippen MR) is 214 cm³/mol. The third-order valence-corrected chi connectivity index (χ3v) is 15.1. The van der Waals surface area contributed by atoms with E-state index in [9.17, 15) is 18.4 Å². The average molecular weight is 797 g/mol. The van der Waals surface area contributed by atoms with Crippen molar-refractivity contribution in [3.8, 4) is 11.3 Å². The van der Waals surface area contributed by atoms with Gasteiger partial charge in [0.2, 0.25) is 11.5 Å². The first kappa shape index (κ1) is 37.8. The number of sulfonamides is 1. The molecular weight excluding hydrogens is 758 g/mol. The van der Waals surface area contributed by atoms with Crippen molar-refractivity contribution in [1.82, 2.24) is 19.2 Å². The Morgan fingerprint density at radius 2 is 1.61 bits per heavy atom. The van der Waals surface area contributed by atoms with Gasteiger partial charge in [-0.15, -0.1) is 11.3 Å². The normalized spacial score (nSPS) is 16.2. The van der Waals surface area contributed by atoms with E-state index < -0.39 is 37.1 Å². The lowest BCUT2D eigenvalue weighted by molar-refractivity contribution is -0.593. The van der Waals surface area contributed by atoms with E-state index >= 15 is 0 Å². The molecule has 14 heteroatoms. The highest BCUT2D eigenvalue weighted by Crippen LogP contribution is 2.35. The van der Waals surface area contributed by atoms with Crippen LogP contribution in [0, 0.1) is 10.6 Å². The standard InChI is InChI=1S/C40H39ClN5O5S2Si/c1-40(2,3)24-35(51-54(31-12-6-4-7-13-31)32-14-8-5-9-15-32)34-27-44(53(49,50)37-22-28-17-18-30(41)23-36(28)52-37)20-21-45(34)39(47)38-42-25-29(26-43-38)33-16-10-11-19-46(33)48/h4-19,22-23,25-26,34-35H,20-21,24,27H2,1-3H3. The van der Waals surface area contributed by atoms with E-state index in [1.165, 1.54) is 34.2 Å². The maximum Gasteiger partial charge on any atom is 0.292 e. The number of carbonyl (C=O) groups excluding carboxylic acids is 1. The van der Waals surface area contributed by atoms with Gasteiger partial charge >= 0.3 is 0 Å². The van der Waals surface area contributed by atoms with E-state index in [1.54, 1.807) is 41.3 Å². The minimum atomic E-state index is -3.97. The molecule has 1 aliphatic heterocycles. The zero-order valence-electron chi connectivity index (χ0n) is 30.0. The number of hydrogen-bond donors (Lipinski definition) is 0. The molecule has 0 saturated carbocycles. The number of pyridine rings is 1. The number of benzene rings is 3. The van der Waals surface area contributed by atoms with Crippen LogP contribution in [0.5, 0.6) is 0 Å². The van der Waals surface area contributed by atoms with Crippen LogP contribution in [0.1, 0.15) is 37.8 Å². The highest BCUT2D eigenvalue weighted by molar-refractivity contribution is 7.91. The third kappa shape index (κ3) is 8.26. The highest BCUT2D eigenvalue weighted by Gasteiger charge is 2.44. The number of thiophene rings is 1. The Morgan fingerprint density at radius 3 is 2.24 bits per heavy atom. The van der Waals surface area contributed by atoms with Crippen molar-refractivity contribution >= 4 is 68.4 Å². The molecule has 1 aliphatic rings. The van der Waals surface area contributed by atoms with Crippen molar-refractivity contribution in [1.29, 1.82) is 0 Å². The quantitative estimate of drug-likeness (QED) is 0.0979. The Balaban J connectivity index is 1.28. The molecular formula is C40H39ClN5O5S2Si. The molecule has 0 aliphatic carbocycles. The van der Waals surface area contributed by atoms with Crippen LogP contribution in [0.2, 0.25) is 5.02 Å². The van der Waals surface area contributed by atoms with Crippen LogP contribution >= 0.6 is 22.9 Å². The lowest BCUT2D eigenvalue weighted by Crippen LogP contribution is -2.63. The molecule has 0 spiro atoms. The van der Waals surface area contributed by atoms with Crippen molar-refractivity contribution in [2.24, 2.45) is 5.41 Å². The minimum Gasteiger partial charge on any atom is -0.618 e. The molecule has 1 saturated heterocycles. The highest BCUT2D eigenvalue weighted by atomic mass is 35.5. The van der Waals surface area contributed by atoms with Crippen molar-refractivity contribution in [2.75, 3.05) is 19.6 Å². The van der Waals surface area contributed by atoms with Gasteiger partial charge in [0.1, 0.15) is 4.21 Å². The summed E-state index contributed by atoms with van der Waals surface area (Å²) in [5.74, 6) is -0.500. The van der Waals surface area contributed by atoms with Crippen LogP contribution in [0.25, 0.3) is 21.3 Å². The number of carbonyl (C=O) groups is 1. The number of nitrogens with zero attached hydrogens (tertiary/aromatic N) is 5. The van der Waals surface area contributed by atoms with Gasteiger partial charge in [-0.2, -0.15) is 9.04 Å². The van der Waals surface area contributed by atoms with Crippen molar-refractivity contribution in [2.45, 2.75) is 43.5 Å². The van der Waals surface area contributed by atoms with Crippen molar-refractivity contribution in [3.05, 3.63) is 138 Å². The molecule has 1 amide bonds. The first-order chi connectivity index (χ1) is 25.9. The van der Waals surface area contributed by atoms with Crippen LogP contribution in [-0.2, 0) is 14.4 Å². The molecule has 6 aromatic rings. The summed E-state index contributed by atoms with van der Waals surface area (Å²) in [6.07, 6.45) is 4.26. The smallest absolute Gasteiger partial charge is 0.292 e. The lowest BCUT2D eigenvalue weighted by Gasteiger charge is -2.45. The number of fused-ring (bicyclic) bond motifs is 1. The van der Waals surface area contributed by atoms with Crippen LogP contribution < -0.4 is 15.1 Å². The van der Waals surface area contributed by atoms with E-state index in [-0.39, 0.29) is 35.1 Å². The van der Waals surface area contributed by atoms with Gasteiger partial charge in [0.05, 0.1) is 17.7 Å². The zero-order chi connectivity index (χ0) is 38.0. The number of halogens is 1. The summed E-state index contributed by atoms with van der Waals surface area (Å²) in [6.45, 7) is 6.49. The summed E-state index contributed by atoms with van der Waals surface area (Å²) in [6, 6.07) is 31.4. The maximum atomic E-state index is 14.5. The third-order valence-electron chi connectivity index (χ3n) is 9.24. The summed E-state index contributed by atoms with van der Waals surface area (Å²) in [5, 5.41) is 15.8. The lowest BCUT2D eigenvalue weighted by atomic mass is 9.86. The van der Waals surface area contributed by atoms with Crippen molar-refractivity contribution in [3.63, 3.8) is 0 Å². The average Bonchev–Trinajstić information content (AvgIpc) is 3.61. The summed E-state index contributed by atoms with van der Waals surface area (Å²) in [5.41, 5.74) is 0.561. The van der Waals surface area contributed by atoms with Gasteiger partial charge in [-0.1, -0.05) is 99.1 Å². The topological polar surface area (TPSA) is 120 Å². The minimum absolute atomic E-state index is 0.000822. The summed E-state index contributed by atoms with van der Waals surface area (Å²) < 4.78 is 39.3. The monoisotopic (exact) mass is 796 g/mol. The molecule has 0 N–H and O–H groups in total. The van der Waals surface area contributed by atoms with Gasteiger partial charge in [-0.05, 0) is 51.9 Å². The molecule has 2 atom stereocenters. The molecule has 54 heavy (non-hydrogen) atoms. The Morgan fingerprint density at radius 1 is 0.963 bits per heavy atom. The van der Waals surface area contributed by atoms with Gasteiger partial charge in [-0.3, -0.25) is 4.79 Å². The predicted octanol–water partition coefficient (Wildman–Crippen LogP) is 5.79. The Kier molecular flexibility index (Phi) is 11.0.